The van der Waals surface area contributed by atoms with Crippen LogP contribution in [-0.4, -0.2) is 40.3 Å². The second-order valence-electron chi connectivity index (χ2n) is 7.06. The van der Waals surface area contributed by atoms with Crippen molar-refractivity contribution < 1.29 is 27.5 Å². The van der Waals surface area contributed by atoms with Crippen LogP contribution in [0.5, 0.6) is 0 Å². The van der Waals surface area contributed by atoms with E-state index in [1.165, 1.54) is 24.1 Å². The van der Waals surface area contributed by atoms with E-state index < -0.39 is 11.7 Å². The summed E-state index contributed by atoms with van der Waals surface area (Å²) in [4.78, 5) is 27.5. The number of carbonyl (C=O) groups is 2. The van der Waals surface area contributed by atoms with Crippen molar-refractivity contribution in [2.24, 2.45) is 0 Å². The summed E-state index contributed by atoms with van der Waals surface area (Å²) in [6.45, 7) is 4.16. The summed E-state index contributed by atoms with van der Waals surface area (Å²) >= 11 is 0. The number of amides is 1. The highest BCUT2D eigenvalue weighted by Crippen LogP contribution is 2.29. The second-order valence-corrected chi connectivity index (χ2v) is 7.06. The molecule has 2 heterocycles. The van der Waals surface area contributed by atoms with Crippen molar-refractivity contribution in [2.75, 3.05) is 13.7 Å². The van der Waals surface area contributed by atoms with Gasteiger partial charge in [-0.2, -0.15) is 18.3 Å². The molecular formula is C20H25F3N4O3. The van der Waals surface area contributed by atoms with Crippen LogP contribution in [0.3, 0.4) is 0 Å². The number of ether oxygens (including phenoxy) is 1. The number of halogens is 3. The number of rotatable bonds is 9. The van der Waals surface area contributed by atoms with Gasteiger partial charge in [-0.3, -0.25) is 9.59 Å². The molecule has 0 aliphatic carbocycles. The van der Waals surface area contributed by atoms with E-state index in [0.717, 1.165) is 18.7 Å². The van der Waals surface area contributed by atoms with Crippen LogP contribution in [0.1, 0.15) is 67.1 Å². The van der Waals surface area contributed by atoms with Crippen molar-refractivity contribution in [1.29, 1.82) is 0 Å². The molecule has 0 fully saturated rings. The fourth-order valence-corrected chi connectivity index (χ4v) is 2.92. The zero-order chi connectivity index (χ0) is 22.3. The van der Waals surface area contributed by atoms with Gasteiger partial charge in [0.25, 0.3) is 5.91 Å². The van der Waals surface area contributed by atoms with Crippen molar-refractivity contribution in [3.8, 4) is 5.82 Å². The zero-order valence-corrected chi connectivity index (χ0v) is 17.1. The van der Waals surface area contributed by atoms with E-state index in [-0.39, 0.29) is 23.6 Å². The van der Waals surface area contributed by atoms with E-state index in [2.05, 4.69) is 20.1 Å². The Balaban J connectivity index is 2.05. The normalized spacial score (nSPS) is 11.6. The van der Waals surface area contributed by atoms with Gasteiger partial charge in [0.1, 0.15) is 0 Å². The van der Waals surface area contributed by atoms with Crippen LogP contribution in [-0.2, 0) is 15.7 Å². The minimum Gasteiger partial charge on any atom is -0.469 e. The van der Waals surface area contributed by atoms with Crippen molar-refractivity contribution in [1.82, 2.24) is 20.1 Å². The Kier molecular flexibility index (Phi) is 7.96. The maximum absolute atomic E-state index is 12.8. The molecule has 30 heavy (non-hydrogen) atoms. The lowest BCUT2D eigenvalue weighted by molar-refractivity contribution is -0.140. The third kappa shape index (κ3) is 6.04. The minimum atomic E-state index is -4.47. The maximum Gasteiger partial charge on any atom is 0.417 e. The second kappa shape index (κ2) is 10.2. The Morgan fingerprint density at radius 3 is 2.47 bits per heavy atom. The van der Waals surface area contributed by atoms with Gasteiger partial charge in [-0.15, -0.1) is 0 Å². The number of unbranched alkanes of at least 4 members (excludes halogenated alkanes) is 2. The van der Waals surface area contributed by atoms with E-state index in [1.807, 2.05) is 13.8 Å². The number of methoxy groups -OCH3 is 1. The van der Waals surface area contributed by atoms with Crippen LogP contribution in [0.25, 0.3) is 5.82 Å². The molecule has 0 radical (unpaired) electrons. The topological polar surface area (TPSA) is 86.1 Å². The summed E-state index contributed by atoms with van der Waals surface area (Å²) in [6, 6.07) is 2.16. The first-order valence-corrected chi connectivity index (χ1v) is 9.61. The third-order valence-electron chi connectivity index (χ3n) is 4.46. The third-order valence-corrected chi connectivity index (χ3v) is 4.46. The molecule has 1 amide bonds. The number of hydrogen-bond acceptors (Lipinski definition) is 5. The molecule has 2 aromatic rings. The van der Waals surface area contributed by atoms with Crippen molar-refractivity contribution in [3.05, 3.63) is 41.3 Å². The number of nitrogens with one attached hydrogen (secondary N) is 1. The highest BCUT2D eigenvalue weighted by Gasteiger charge is 2.31. The predicted molar refractivity (Wildman–Crippen MR) is 103 cm³/mol. The molecule has 0 aromatic carbocycles. The Morgan fingerprint density at radius 1 is 1.17 bits per heavy atom. The van der Waals surface area contributed by atoms with E-state index >= 15 is 0 Å². The molecule has 7 nitrogen and oxygen atoms in total. The van der Waals surface area contributed by atoms with Crippen LogP contribution in [0, 0.1) is 0 Å². The number of esters is 1. The summed E-state index contributed by atoms with van der Waals surface area (Å²) < 4.78 is 44.2. The average molecular weight is 426 g/mol. The zero-order valence-electron chi connectivity index (χ0n) is 17.1. The van der Waals surface area contributed by atoms with Gasteiger partial charge >= 0.3 is 12.1 Å². The Labute approximate surface area is 172 Å². The summed E-state index contributed by atoms with van der Waals surface area (Å²) in [7, 11) is 1.34. The maximum atomic E-state index is 12.8. The molecule has 164 valence electrons. The molecule has 1 N–H and O–H groups in total. The molecule has 0 spiro atoms. The summed E-state index contributed by atoms with van der Waals surface area (Å²) in [5.41, 5.74) is 0.0568. The van der Waals surface area contributed by atoms with E-state index in [9.17, 15) is 22.8 Å². The molecule has 0 saturated carbocycles. The van der Waals surface area contributed by atoms with Gasteiger partial charge < -0.3 is 10.1 Å². The number of hydrogen-bond donors (Lipinski definition) is 1. The molecule has 10 heteroatoms. The molecule has 0 aliphatic rings. The van der Waals surface area contributed by atoms with Gasteiger partial charge in [-0.1, -0.05) is 20.3 Å². The van der Waals surface area contributed by atoms with Crippen LogP contribution in [0.2, 0.25) is 0 Å². The molecule has 0 aliphatic heterocycles. The standard InChI is InChI=1S/C20H25F3N4O3/c1-13(2)18-15(19(29)24-10-6-4-5-7-17(28)30-3)12-26-27(18)16-9-8-14(11-25-16)20(21,22)23/h8-9,11-13H,4-7,10H2,1-3H3,(H,24,29). The fourth-order valence-electron chi connectivity index (χ4n) is 2.92. The van der Waals surface area contributed by atoms with Crippen LogP contribution < -0.4 is 5.32 Å². The van der Waals surface area contributed by atoms with Crippen molar-refractivity contribution in [2.45, 2.75) is 51.6 Å². The minimum absolute atomic E-state index is 0.114. The molecule has 0 bridgehead atoms. The largest absolute Gasteiger partial charge is 0.469 e. The average Bonchev–Trinajstić information content (AvgIpc) is 3.15. The molecular weight excluding hydrogens is 401 g/mol. The van der Waals surface area contributed by atoms with Crippen LogP contribution in [0.4, 0.5) is 13.2 Å². The Bertz CT molecular complexity index is 861. The quantitative estimate of drug-likeness (QED) is 0.486. The molecule has 2 rings (SSSR count). The SMILES string of the molecule is COC(=O)CCCCCNC(=O)c1cnn(-c2ccc(C(F)(F)F)cn2)c1C(C)C. The number of pyridine rings is 1. The number of carbonyl (C=O) groups excluding carboxylic acids is 2. The monoisotopic (exact) mass is 426 g/mol. The van der Waals surface area contributed by atoms with E-state index in [1.54, 1.807) is 0 Å². The Morgan fingerprint density at radius 2 is 1.90 bits per heavy atom. The molecule has 0 atom stereocenters. The van der Waals surface area contributed by atoms with Crippen LogP contribution >= 0.6 is 0 Å². The van der Waals surface area contributed by atoms with Crippen molar-refractivity contribution >= 4 is 11.9 Å². The first kappa shape index (κ1) is 23.4. The summed E-state index contributed by atoms with van der Waals surface area (Å²) in [5, 5.41) is 6.98. The molecule has 0 unspecified atom stereocenters. The number of aromatic nitrogens is 3. The van der Waals surface area contributed by atoms with Gasteiger partial charge in [0, 0.05) is 19.2 Å². The van der Waals surface area contributed by atoms with Gasteiger partial charge in [0.15, 0.2) is 5.82 Å². The summed E-state index contributed by atoms with van der Waals surface area (Å²) in [5.74, 6) is -0.485. The first-order valence-electron chi connectivity index (χ1n) is 9.61. The van der Waals surface area contributed by atoms with E-state index in [0.29, 0.717) is 37.1 Å². The predicted octanol–water partition coefficient (Wildman–Crippen LogP) is 3.87. The Hall–Kier alpha value is -2.91. The highest BCUT2D eigenvalue weighted by atomic mass is 19.4. The lowest BCUT2D eigenvalue weighted by atomic mass is 10.1. The number of alkyl halides is 3. The molecule has 0 saturated heterocycles. The van der Waals surface area contributed by atoms with Crippen molar-refractivity contribution in [3.63, 3.8) is 0 Å². The molecule has 2 aromatic heterocycles. The van der Waals surface area contributed by atoms with Gasteiger partial charge in [0.05, 0.1) is 30.1 Å². The van der Waals surface area contributed by atoms with Gasteiger partial charge in [0.2, 0.25) is 0 Å². The first-order chi connectivity index (χ1) is 14.1. The van der Waals surface area contributed by atoms with Gasteiger partial charge in [-0.25, -0.2) is 9.67 Å². The fraction of sp³-hybridized carbons (Fsp3) is 0.500. The smallest absolute Gasteiger partial charge is 0.417 e. The summed E-state index contributed by atoms with van der Waals surface area (Å²) in [6.07, 6.45) is 0.149. The lowest BCUT2D eigenvalue weighted by Gasteiger charge is -2.13. The van der Waals surface area contributed by atoms with Gasteiger partial charge in [-0.05, 0) is 30.9 Å². The highest BCUT2D eigenvalue weighted by molar-refractivity contribution is 5.95. The lowest BCUT2D eigenvalue weighted by Crippen LogP contribution is -2.25. The van der Waals surface area contributed by atoms with E-state index in [4.69, 9.17) is 0 Å². The number of nitrogens with zero attached hydrogens (tertiary/aromatic N) is 3. The van der Waals surface area contributed by atoms with Crippen LogP contribution in [0.15, 0.2) is 24.5 Å².